The topological polar surface area (TPSA) is 62.6 Å². The van der Waals surface area contributed by atoms with E-state index in [1.54, 1.807) is 6.07 Å². The highest BCUT2D eigenvalue weighted by Crippen LogP contribution is 2.25. The van der Waals surface area contributed by atoms with Crippen LogP contribution < -0.4 is 10.4 Å². The summed E-state index contributed by atoms with van der Waals surface area (Å²) in [5.41, 5.74) is 5.37. The van der Waals surface area contributed by atoms with Crippen molar-refractivity contribution >= 4 is 23.6 Å². The molecule has 3 aromatic rings. The quantitative estimate of drug-likeness (QED) is 0.567. The van der Waals surface area contributed by atoms with Gasteiger partial charge in [-0.3, -0.25) is 15.0 Å². The van der Waals surface area contributed by atoms with Crippen LogP contribution in [-0.4, -0.2) is 11.8 Å². The molecule has 0 aliphatic carbocycles. The van der Waals surface area contributed by atoms with Crippen LogP contribution in [0.15, 0.2) is 76.7 Å². The summed E-state index contributed by atoms with van der Waals surface area (Å²) < 4.78 is 5.77. The normalized spacial score (nSPS) is 15.4. The maximum absolute atomic E-state index is 12.7. The van der Waals surface area contributed by atoms with Gasteiger partial charge in [-0.05, 0) is 42.3 Å². The molecular weight excluding hydrogens is 340 g/mol. The van der Waals surface area contributed by atoms with Crippen LogP contribution in [0, 0.1) is 0 Å². The number of nitrogens with one attached hydrogen (secondary N) is 1. The Balaban J connectivity index is 1.59. The van der Waals surface area contributed by atoms with Gasteiger partial charge < -0.3 is 4.42 Å². The average Bonchev–Trinajstić information content (AvgIpc) is 3.29. The second-order valence-corrected chi connectivity index (χ2v) is 6.23. The van der Waals surface area contributed by atoms with Gasteiger partial charge in [0.2, 0.25) is 0 Å². The van der Waals surface area contributed by atoms with Crippen LogP contribution in [0.2, 0.25) is 0 Å². The molecule has 0 unspecified atom stereocenters. The van der Waals surface area contributed by atoms with E-state index in [-0.39, 0.29) is 5.57 Å². The van der Waals surface area contributed by atoms with Crippen molar-refractivity contribution in [2.24, 2.45) is 0 Å². The van der Waals surface area contributed by atoms with Crippen molar-refractivity contribution in [2.45, 2.75) is 13.3 Å². The molecule has 2 heterocycles. The van der Waals surface area contributed by atoms with Crippen LogP contribution in [0.1, 0.15) is 18.2 Å². The maximum Gasteiger partial charge on any atom is 0.282 e. The van der Waals surface area contributed by atoms with Gasteiger partial charge in [0.25, 0.3) is 11.8 Å². The summed E-state index contributed by atoms with van der Waals surface area (Å²) >= 11 is 0. The fraction of sp³-hybridized carbons (Fsp3) is 0.0909. The molecule has 1 aliphatic heterocycles. The molecule has 4 rings (SSSR count). The number of anilines is 1. The van der Waals surface area contributed by atoms with Gasteiger partial charge in [-0.1, -0.05) is 49.4 Å². The van der Waals surface area contributed by atoms with Gasteiger partial charge in [0.05, 0.1) is 5.69 Å². The molecule has 5 heteroatoms. The summed E-state index contributed by atoms with van der Waals surface area (Å²) in [5, 5.41) is 1.26. The third kappa shape index (κ3) is 3.27. The van der Waals surface area contributed by atoms with Gasteiger partial charge in [-0.25, -0.2) is 5.01 Å². The van der Waals surface area contributed by atoms with Crippen molar-refractivity contribution in [2.75, 3.05) is 5.01 Å². The molecule has 0 saturated carbocycles. The monoisotopic (exact) mass is 358 g/mol. The number of benzene rings is 2. The van der Waals surface area contributed by atoms with Crippen LogP contribution in [0.3, 0.4) is 0 Å². The fourth-order valence-electron chi connectivity index (χ4n) is 2.95. The van der Waals surface area contributed by atoms with Gasteiger partial charge >= 0.3 is 0 Å². The highest BCUT2D eigenvalue weighted by atomic mass is 16.3. The number of hydrogen-bond donors (Lipinski definition) is 1. The molecule has 2 amide bonds. The van der Waals surface area contributed by atoms with Crippen molar-refractivity contribution in [1.29, 1.82) is 0 Å². The van der Waals surface area contributed by atoms with Gasteiger partial charge in [-0.2, -0.15) is 0 Å². The largest absolute Gasteiger partial charge is 0.457 e. The van der Waals surface area contributed by atoms with Gasteiger partial charge in [-0.15, -0.1) is 0 Å². The Hall–Kier alpha value is -3.60. The molecule has 1 aromatic heterocycles. The minimum absolute atomic E-state index is 0.0449. The Morgan fingerprint density at radius 3 is 2.41 bits per heavy atom. The lowest BCUT2D eigenvalue weighted by Crippen LogP contribution is -2.35. The molecule has 0 spiro atoms. The van der Waals surface area contributed by atoms with Crippen LogP contribution in [0.5, 0.6) is 0 Å². The lowest BCUT2D eigenvalue weighted by Gasteiger charge is -2.14. The van der Waals surface area contributed by atoms with Crippen molar-refractivity contribution in [3.63, 3.8) is 0 Å². The minimum Gasteiger partial charge on any atom is -0.457 e. The average molecular weight is 358 g/mol. The number of nitrogens with zero attached hydrogens (tertiary/aromatic N) is 1. The van der Waals surface area contributed by atoms with E-state index in [0.29, 0.717) is 17.2 Å². The molecule has 27 heavy (non-hydrogen) atoms. The molecule has 0 radical (unpaired) electrons. The zero-order valence-corrected chi connectivity index (χ0v) is 14.8. The van der Waals surface area contributed by atoms with Crippen LogP contribution in [-0.2, 0) is 16.0 Å². The summed E-state index contributed by atoms with van der Waals surface area (Å²) in [6, 6.07) is 20.7. The Morgan fingerprint density at radius 2 is 1.70 bits per heavy atom. The van der Waals surface area contributed by atoms with E-state index in [1.165, 1.54) is 11.1 Å². The number of furan rings is 1. The maximum atomic E-state index is 12.7. The lowest BCUT2D eigenvalue weighted by molar-refractivity contribution is -0.117. The third-order valence-electron chi connectivity index (χ3n) is 4.47. The Bertz CT molecular complexity index is 1020. The van der Waals surface area contributed by atoms with E-state index in [4.69, 9.17) is 4.42 Å². The fourth-order valence-corrected chi connectivity index (χ4v) is 2.95. The van der Waals surface area contributed by atoms with Crippen molar-refractivity contribution in [1.82, 2.24) is 5.43 Å². The van der Waals surface area contributed by atoms with Crippen molar-refractivity contribution < 1.29 is 14.0 Å². The van der Waals surface area contributed by atoms with E-state index in [9.17, 15) is 9.59 Å². The molecule has 1 N–H and O–H groups in total. The van der Waals surface area contributed by atoms with E-state index >= 15 is 0 Å². The molecule has 134 valence electrons. The molecule has 0 bridgehead atoms. The predicted octanol–water partition coefficient (Wildman–Crippen LogP) is 3.97. The number of amides is 2. The first kappa shape index (κ1) is 16.8. The molecule has 0 atom stereocenters. The summed E-state index contributed by atoms with van der Waals surface area (Å²) in [7, 11) is 0. The molecular formula is C22H18N2O3. The van der Waals surface area contributed by atoms with E-state index in [2.05, 4.69) is 12.3 Å². The Kier molecular flexibility index (Phi) is 4.34. The number of rotatable bonds is 4. The standard InChI is InChI=1S/C22H18N2O3/c1-2-15-8-10-17(11-9-15)24-22(26)19(21(25)23-24)14-18-12-13-20(27-18)16-6-4-3-5-7-16/h3-14H,2H2,1H3,(H,23,25)/b19-14-. The second kappa shape index (κ2) is 6.96. The van der Waals surface area contributed by atoms with Crippen LogP contribution in [0.25, 0.3) is 17.4 Å². The zero-order valence-electron chi connectivity index (χ0n) is 14.8. The minimum atomic E-state index is -0.447. The summed E-state index contributed by atoms with van der Waals surface area (Å²) in [6.45, 7) is 2.06. The first-order valence-corrected chi connectivity index (χ1v) is 8.77. The van der Waals surface area contributed by atoms with Gasteiger partial charge in [0.15, 0.2) is 0 Å². The third-order valence-corrected chi connectivity index (χ3v) is 4.47. The lowest BCUT2D eigenvalue weighted by atomic mass is 10.1. The highest BCUT2D eigenvalue weighted by Gasteiger charge is 2.34. The summed E-state index contributed by atoms with van der Waals surface area (Å²) in [6.07, 6.45) is 2.39. The molecule has 2 aromatic carbocycles. The number of aryl methyl sites for hydroxylation is 1. The van der Waals surface area contributed by atoms with Crippen LogP contribution in [0.4, 0.5) is 5.69 Å². The first-order chi connectivity index (χ1) is 13.2. The number of hydrogen-bond acceptors (Lipinski definition) is 3. The summed E-state index contributed by atoms with van der Waals surface area (Å²) in [5.74, 6) is 0.287. The predicted molar refractivity (Wildman–Crippen MR) is 104 cm³/mol. The van der Waals surface area contributed by atoms with Crippen LogP contribution >= 0.6 is 0 Å². The molecule has 1 aliphatic rings. The molecule has 1 fully saturated rings. The zero-order chi connectivity index (χ0) is 18.8. The highest BCUT2D eigenvalue weighted by molar-refractivity contribution is 6.31. The number of carbonyl (C=O) groups is 2. The Labute approximate surface area is 156 Å². The van der Waals surface area contributed by atoms with Crippen molar-refractivity contribution in [3.05, 3.63) is 83.6 Å². The number of carbonyl (C=O) groups excluding carboxylic acids is 2. The second-order valence-electron chi connectivity index (χ2n) is 6.23. The van der Waals surface area contributed by atoms with Gasteiger partial charge in [0.1, 0.15) is 17.1 Å². The van der Waals surface area contributed by atoms with Gasteiger partial charge in [0, 0.05) is 5.56 Å². The molecule has 5 nitrogen and oxygen atoms in total. The number of hydrazine groups is 1. The van der Waals surface area contributed by atoms with Crippen molar-refractivity contribution in [3.8, 4) is 11.3 Å². The molecule has 1 saturated heterocycles. The first-order valence-electron chi connectivity index (χ1n) is 8.77. The Morgan fingerprint density at radius 1 is 0.963 bits per heavy atom. The van der Waals surface area contributed by atoms with E-state index in [0.717, 1.165) is 17.5 Å². The summed E-state index contributed by atoms with van der Waals surface area (Å²) in [4.78, 5) is 25.0. The van der Waals surface area contributed by atoms with E-state index in [1.807, 2.05) is 60.7 Å². The SMILES string of the molecule is CCc1ccc(N2NC(=O)/C(=C/c3ccc(-c4ccccc4)o3)C2=O)cc1. The smallest absolute Gasteiger partial charge is 0.282 e. The van der Waals surface area contributed by atoms with E-state index < -0.39 is 11.8 Å².